The molecule has 0 spiro atoms. The molecule has 1 unspecified atom stereocenters. The summed E-state index contributed by atoms with van der Waals surface area (Å²) in [5.74, 6) is 1.77. The van der Waals surface area contributed by atoms with E-state index in [-0.39, 0.29) is 18.3 Å². The second-order valence-corrected chi connectivity index (χ2v) is 5.95. The van der Waals surface area contributed by atoms with E-state index in [0.717, 1.165) is 41.9 Å². The Bertz CT molecular complexity index is 654. The Kier molecular flexibility index (Phi) is 8.52. The second-order valence-electron chi connectivity index (χ2n) is 5.95. The molecule has 0 fully saturated rings. The van der Waals surface area contributed by atoms with Crippen molar-refractivity contribution < 1.29 is 22.1 Å². The zero-order valence-corrected chi connectivity index (χ0v) is 16.2. The van der Waals surface area contributed by atoms with Crippen LogP contribution in [0.25, 0.3) is 0 Å². The number of quaternary nitrogens is 1. The molecule has 1 aromatic carbocycles. The van der Waals surface area contributed by atoms with Crippen molar-refractivity contribution >= 4 is 11.7 Å². The summed E-state index contributed by atoms with van der Waals surface area (Å²) < 4.78 is 0. The molecular weight excluding hydrogens is 336 g/mol. The first-order chi connectivity index (χ1) is 11.5. The maximum absolute atomic E-state index is 12.6. The van der Waals surface area contributed by atoms with Crippen molar-refractivity contribution in [1.82, 2.24) is 14.9 Å². The number of hydrogen-bond donors (Lipinski definition) is 1. The Labute approximate surface area is 156 Å². The Balaban J connectivity index is 0.00000312. The number of benzene rings is 1. The molecule has 1 N–H and O–H groups in total. The molecule has 0 aliphatic heterocycles. The zero-order chi connectivity index (χ0) is 17.5. The van der Waals surface area contributed by atoms with E-state index in [1.54, 1.807) is 0 Å². The number of halogens is 1. The standard InChI is InChI=1S/C19H26N4O.ClH/c1-5-22(6-2)19(24)14-23(13-17-10-8-7-9-11-17)18-12-15(3)20-16(4)21-18;/h7-12H,5-6,13-14H2,1-4H3;1H. The zero-order valence-electron chi connectivity index (χ0n) is 15.4. The maximum atomic E-state index is 12.6. The minimum atomic E-state index is 0. The average Bonchev–Trinajstić information content (AvgIpc) is 2.55. The number of nitrogens with one attached hydrogen (secondary N) is 1. The fraction of sp³-hybridized carbons (Fsp3) is 0.421. The van der Waals surface area contributed by atoms with E-state index in [1.807, 2.05) is 56.9 Å². The first-order valence-corrected chi connectivity index (χ1v) is 8.52. The Morgan fingerprint density at radius 3 is 2.28 bits per heavy atom. The van der Waals surface area contributed by atoms with Gasteiger partial charge in [0, 0.05) is 30.4 Å². The van der Waals surface area contributed by atoms with Crippen LogP contribution in [-0.4, -0.2) is 40.4 Å². The molecule has 0 aliphatic rings. The Hall–Kier alpha value is -1.98. The molecule has 2 rings (SSSR count). The summed E-state index contributed by atoms with van der Waals surface area (Å²) in [7, 11) is 0. The molecule has 1 amide bonds. The average molecular weight is 363 g/mol. The van der Waals surface area contributed by atoms with Crippen molar-refractivity contribution in [3.63, 3.8) is 0 Å². The van der Waals surface area contributed by atoms with Crippen LogP contribution in [0.4, 0.5) is 5.82 Å². The molecule has 25 heavy (non-hydrogen) atoms. The van der Waals surface area contributed by atoms with Gasteiger partial charge < -0.3 is 17.3 Å². The highest BCUT2D eigenvalue weighted by atomic mass is 35.5. The lowest BCUT2D eigenvalue weighted by atomic mass is 10.2. The van der Waals surface area contributed by atoms with Crippen molar-refractivity contribution in [3.8, 4) is 0 Å². The van der Waals surface area contributed by atoms with E-state index in [9.17, 15) is 4.79 Å². The summed E-state index contributed by atoms with van der Waals surface area (Å²) in [6.45, 7) is 10.5. The normalized spacial score (nSPS) is 11.5. The summed E-state index contributed by atoms with van der Waals surface area (Å²) in [4.78, 5) is 24.5. The number of aromatic nitrogens is 2. The third kappa shape index (κ3) is 6.11. The van der Waals surface area contributed by atoms with E-state index in [4.69, 9.17) is 0 Å². The van der Waals surface area contributed by atoms with Gasteiger partial charge in [-0.3, -0.25) is 9.69 Å². The summed E-state index contributed by atoms with van der Waals surface area (Å²) >= 11 is 0. The summed E-state index contributed by atoms with van der Waals surface area (Å²) in [6.07, 6.45) is 0. The van der Waals surface area contributed by atoms with Crippen molar-refractivity contribution in [1.29, 1.82) is 0 Å². The van der Waals surface area contributed by atoms with Crippen LogP contribution in [0.3, 0.4) is 0 Å². The van der Waals surface area contributed by atoms with E-state index < -0.39 is 0 Å². The fourth-order valence-electron chi connectivity index (χ4n) is 2.85. The second kappa shape index (κ2) is 10.1. The number of nitrogens with zero attached hydrogens (tertiary/aromatic N) is 3. The SMILES string of the molecule is CCN(CC)C(=O)C[NH+](Cc1ccccc1)c1cc(C)nc(C)n1.[Cl-]. The molecule has 1 atom stereocenters. The number of likely N-dealkylation sites (N-methyl/N-ethyl adjacent to an activating group) is 1. The topological polar surface area (TPSA) is 50.5 Å². The van der Waals surface area contributed by atoms with Gasteiger partial charge in [0.05, 0.1) is 0 Å². The van der Waals surface area contributed by atoms with Crippen molar-refractivity contribution in [3.05, 3.63) is 53.5 Å². The molecule has 2 aromatic rings. The molecule has 0 bridgehead atoms. The minimum absolute atomic E-state index is 0. The molecular formula is C19H27ClN4O. The number of hydrogen-bond acceptors (Lipinski definition) is 3. The van der Waals surface area contributed by atoms with Crippen molar-refractivity contribution in [2.24, 2.45) is 0 Å². The van der Waals surface area contributed by atoms with Crippen LogP contribution in [0.2, 0.25) is 0 Å². The van der Waals surface area contributed by atoms with Gasteiger partial charge in [-0.25, -0.2) is 4.98 Å². The van der Waals surface area contributed by atoms with Gasteiger partial charge in [0.2, 0.25) is 5.82 Å². The predicted octanol–water partition coefficient (Wildman–Crippen LogP) is -1.32. The van der Waals surface area contributed by atoms with E-state index in [0.29, 0.717) is 6.54 Å². The summed E-state index contributed by atoms with van der Waals surface area (Å²) in [5, 5.41) is 0. The number of amides is 1. The van der Waals surface area contributed by atoms with Crippen LogP contribution in [-0.2, 0) is 11.3 Å². The highest BCUT2D eigenvalue weighted by Gasteiger charge is 2.22. The number of aryl methyl sites for hydroxylation is 2. The molecule has 0 saturated carbocycles. The number of carbonyl (C=O) groups excluding carboxylic acids is 1. The van der Waals surface area contributed by atoms with Crippen LogP contribution in [0.15, 0.2) is 36.4 Å². The van der Waals surface area contributed by atoms with E-state index in [2.05, 4.69) is 22.1 Å². The van der Waals surface area contributed by atoms with E-state index >= 15 is 0 Å². The van der Waals surface area contributed by atoms with Gasteiger partial charge in [-0.05, 0) is 27.7 Å². The van der Waals surface area contributed by atoms with E-state index in [1.165, 1.54) is 5.56 Å². The smallest absolute Gasteiger partial charge is 0.278 e. The number of rotatable bonds is 7. The van der Waals surface area contributed by atoms with Gasteiger partial charge in [-0.2, -0.15) is 4.98 Å². The lowest BCUT2D eigenvalue weighted by Gasteiger charge is -2.23. The lowest BCUT2D eigenvalue weighted by molar-refractivity contribution is -0.841. The molecule has 1 aromatic heterocycles. The van der Waals surface area contributed by atoms with Gasteiger partial charge in [0.25, 0.3) is 5.91 Å². The molecule has 1 heterocycles. The highest BCUT2D eigenvalue weighted by Crippen LogP contribution is 2.03. The predicted molar refractivity (Wildman–Crippen MR) is 95.1 cm³/mol. The summed E-state index contributed by atoms with van der Waals surface area (Å²) in [5.41, 5.74) is 2.12. The molecule has 6 heteroatoms. The maximum Gasteiger partial charge on any atom is 0.278 e. The van der Waals surface area contributed by atoms with Crippen molar-refractivity contribution in [2.45, 2.75) is 34.2 Å². The van der Waals surface area contributed by atoms with Gasteiger partial charge in [-0.15, -0.1) is 0 Å². The lowest BCUT2D eigenvalue weighted by Crippen LogP contribution is -3.07. The first-order valence-electron chi connectivity index (χ1n) is 8.52. The van der Waals surface area contributed by atoms with Crippen molar-refractivity contribution in [2.75, 3.05) is 19.6 Å². The first kappa shape index (κ1) is 21.1. The monoisotopic (exact) mass is 362 g/mol. The molecule has 5 nitrogen and oxygen atoms in total. The van der Waals surface area contributed by atoms with Crippen LogP contribution in [0.5, 0.6) is 0 Å². The minimum Gasteiger partial charge on any atom is -1.00 e. The fourth-order valence-corrected chi connectivity index (χ4v) is 2.85. The third-order valence-corrected chi connectivity index (χ3v) is 4.07. The van der Waals surface area contributed by atoms with Gasteiger partial charge in [0.15, 0.2) is 6.54 Å². The van der Waals surface area contributed by atoms with Gasteiger partial charge >= 0.3 is 0 Å². The van der Waals surface area contributed by atoms with Crippen LogP contribution >= 0.6 is 0 Å². The largest absolute Gasteiger partial charge is 1.00 e. The molecule has 0 radical (unpaired) electrons. The quantitative estimate of drug-likeness (QED) is 0.665. The van der Waals surface area contributed by atoms with Crippen LogP contribution < -0.4 is 17.3 Å². The molecule has 136 valence electrons. The molecule has 0 saturated heterocycles. The number of carbonyl (C=O) groups is 1. The highest BCUT2D eigenvalue weighted by molar-refractivity contribution is 5.77. The van der Waals surface area contributed by atoms with Crippen LogP contribution in [0, 0.1) is 13.8 Å². The summed E-state index contributed by atoms with van der Waals surface area (Å²) in [6, 6.07) is 12.2. The van der Waals surface area contributed by atoms with Crippen LogP contribution in [0.1, 0.15) is 30.9 Å². The van der Waals surface area contributed by atoms with Gasteiger partial charge in [-0.1, -0.05) is 30.3 Å². The Morgan fingerprint density at radius 1 is 1.08 bits per heavy atom. The Morgan fingerprint density at radius 2 is 1.72 bits per heavy atom. The third-order valence-electron chi connectivity index (χ3n) is 4.07. The molecule has 0 aliphatic carbocycles. The van der Waals surface area contributed by atoms with Gasteiger partial charge in [0.1, 0.15) is 12.4 Å².